The number of carbonyl (C=O) groups excluding carboxylic acids is 2. The minimum absolute atomic E-state index is 0.128. The molecule has 0 saturated carbocycles. The lowest BCUT2D eigenvalue weighted by Crippen LogP contribution is -2.18. The van der Waals surface area contributed by atoms with Crippen LogP contribution < -0.4 is 10.6 Å². The van der Waals surface area contributed by atoms with E-state index in [1.165, 1.54) is 23.5 Å². The SMILES string of the molecule is O=C(Nc1ccccc1C(=O)Nc1nc2ccccc2s1)c1ccccc1O. The average molecular weight is 389 g/mol. The number of amides is 2. The number of phenolic OH excluding ortho intramolecular Hbond substituents is 1. The number of para-hydroxylation sites is 3. The first kappa shape index (κ1) is 17.7. The summed E-state index contributed by atoms with van der Waals surface area (Å²) in [5, 5.41) is 15.8. The van der Waals surface area contributed by atoms with Crippen LogP contribution in [-0.4, -0.2) is 21.9 Å². The third kappa shape index (κ3) is 3.56. The number of fused-ring (bicyclic) bond motifs is 1. The van der Waals surface area contributed by atoms with Crippen molar-refractivity contribution in [2.75, 3.05) is 10.6 Å². The van der Waals surface area contributed by atoms with Crippen molar-refractivity contribution in [3.8, 4) is 5.75 Å². The number of rotatable bonds is 4. The van der Waals surface area contributed by atoms with Gasteiger partial charge in [-0.2, -0.15) is 0 Å². The Morgan fingerprint density at radius 2 is 1.43 bits per heavy atom. The second kappa shape index (κ2) is 7.50. The predicted octanol–water partition coefficient (Wildman–Crippen LogP) is 4.51. The lowest BCUT2D eigenvalue weighted by molar-refractivity contribution is 0.102. The largest absolute Gasteiger partial charge is 0.507 e. The zero-order valence-corrected chi connectivity index (χ0v) is 15.4. The molecule has 0 atom stereocenters. The molecule has 0 fully saturated rings. The van der Waals surface area contributed by atoms with Gasteiger partial charge in [0.1, 0.15) is 5.75 Å². The third-order valence-electron chi connectivity index (χ3n) is 4.08. The fourth-order valence-electron chi connectivity index (χ4n) is 2.74. The van der Waals surface area contributed by atoms with Crippen LogP contribution in [0.25, 0.3) is 10.2 Å². The number of hydrogen-bond acceptors (Lipinski definition) is 5. The van der Waals surface area contributed by atoms with Crippen molar-refractivity contribution in [3.05, 3.63) is 83.9 Å². The molecule has 0 saturated heterocycles. The van der Waals surface area contributed by atoms with Gasteiger partial charge in [0, 0.05) is 0 Å². The van der Waals surface area contributed by atoms with Crippen LogP contribution in [0.1, 0.15) is 20.7 Å². The van der Waals surface area contributed by atoms with Crippen LogP contribution in [0, 0.1) is 0 Å². The van der Waals surface area contributed by atoms with Crippen LogP contribution >= 0.6 is 11.3 Å². The molecule has 2 amide bonds. The van der Waals surface area contributed by atoms with Gasteiger partial charge >= 0.3 is 0 Å². The molecule has 4 aromatic rings. The number of carbonyl (C=O) groups is 2. The number of benzene rings is 3. The van der Waals surface area contributed by atoms with E-state index in [4.69, 9.17) is 0 Å². The summed E-state index contributed by atoms with van der Waals surface area (Å²) >= 11 is 1.38. The summed E-state index contributed by atoms with van der Waals surface area (Å²) in [6.45, 7) is 0. The first-order valence-corrected chi connectivity index (χ1v) is 9.29. The zero-order chi connectivity index (χ0) is 19.5. The van der Waals surface area contributed by atoms with Crippen molar-refractivity contribution in [3.63, 3.8) is 0 Å². The van der Waals surface area contributed by atoms with Gasteiger partial charge < -0.3 is 10.4 Å². The molecule has 0 bridgehead atoms. The van der Waals surface area contributed by atoms with E-state index in [9.17, 15) is 14.7 Å². The van der Waals surface area contributed by atoms with E-state index >= 15 is 0 Å². The molecule has 138 valence electrons. The number of nitrogens with zero attached hydrogens (tertiary/aromatic N) is 1. The van der Waals surface area contributed by atoms with Gasteiger partial charge in [-0.05, 0) is 36.4 Å². The maximum Gasteiger partial charge on any atom is 0.259 e. The van der Waals surface area contributed by atoms with Crippen LogP contribution in [-0.2, 0) is 0 Å². The summed E-state index contributed by atoms with van der Waals surface area (Å²) in [6.07, 6.45) is 0. The summed E-state index contributed by atoms with van der Waals surface area (Å²) < 4.78 is 0.971. The molecule has 3 aromatic carbocycles. The van der Waals surface area contributed by atoms with E-state index < -0.39 is 5.91 Å². The molecule has 6 nitrogen and oxygen atoms in total. The Morgan fingerprint density at radius 3 is 2.21 bits per heavy atom. The molecule has 0 aliphatic carbocycles. The van der Waals surface area contributed by atoms with E-state index in [0.29, 0.717) is 16.4 Å². The highest BCUT2D eigenvalue weighted by Gasteiger charge is 2.17. The van der Waals surface area contributed by atoms with Gasteiger partial charge in [0.25, 0.3) is 11.8 Å². The van der Waals surface area contributed by atoms with E-state index in [2.05, 4.69) is 15.6 Å². The van der Waals surface area contributed by atoms with Crippen LogP contribution in [0.2, 0.25) is 0 Å². The molecule has 0 aliphatic heterocycles. The minimum atomic E-state index is -0.502. The maximum atomic E-state index is 12.8. The topological polar surface area (TPSA) is 91.3 Å². The van der Waals surface area contributed by atoms with Crippen LogP contribution in [0.15, 0.2) is 72.8 Å². The van der Waals surface area contributed by atoms with Crippen molar-refractivity contribution < 1.29 is 14.7 Å². The van der Waals surface area contributed by atoms with E-state index in [1.807, 2.05) is 24.3 Å². The molecule has 4 rings (SSSR count). The lowest BCUT2D eigenvalue weighted by Gasteiger charge is -2.11. The summed E-state index contributed by atoms with van der Waals surface area (Å²) in [7, 11) is 0. The average Bonchev–Trinajstić information content (AvgIpc) is 3.11. The van der Waals surface area contributed by atoms with Gasteiger partial charge in [0.15, 0.2) is 5.13 Å². The normalized spacial score (nSPS) is 10.6. The summed E-state index contributed by atoms with van der Waals surface area (Å²) in [6, 6.07) is 20.5. The molecular weight excluding hydrogens is 374 g/mol. The van der Waals surface area contributed by atoms with Crippen LogP contribution in [0.5, 0.6) is 5.75 Å². The summed E-state index contributed by atoms with van der Waals surface area (Å²) in [5.41, 5.74) is 1.58. The van der Waals surface area contributed by atoms with Gasteiger partial charge in [-0.15, -0.1) is 0 Å². The molecule has 1 aromatic heterocycles. The van der Waals surface area contributed by atoms with Crippen LogP contribution in [0.4, 0.5) is 10.8 Å². The fourth-order valence-corrected chi connectivity index (χ4v) is 3.60. The number of hydrogen-bond donors (Lipinski definition) is 3. The first-order chi connectivity index (χ1) is 13.6. The highest BCUT2D eigenvalue weighted by Crippen LogP contribution is 2.27. The lowest BCUT2D eigenvalue weighted by atomic mass is 10.1. The fraction of sp³-hybridized carbons (Fsp3) is 0. The van der Waals surface area contributed by atoms with Crippen molar-refractivity contribution >= 4 is 44.2 Å². The highest BCUT2D eigenvalue weighted by atomic mass is 32.1. The van der Waals surface area contributed by atoms with Gasteiger partial charge in [0.2, 0.25) is 0 Å². The Labute approximate surface area is 164 Å². The van der Waals surface area contributed by atoms with Gasteiger partial charge in [-0.3, -0.25) is 14.9 Å². The Morgan fingerprint density at radius 1 is 0.786 bits per heavy atom. The van der Waals surface area contributed by atoms with Crippen molar-refractivity contribution in [1.82, 2.24) is 4.98 Å². The zero-order valence-electron chi connectivity index (χ0n) is 14.5. The van der Waals surface area contributed by atoms with E-state index in [0.717, 1.165) is 10.2 Å². The third-order valence-corrected chi connectivity index (χ3v) is 5.03. The Kier molecular flexibility index (Phi) is 4.74. The summed E-state index contributed by atoms with van der Waals surface area (Å²) in [4.78, 5) is 29.6. The smallest absolute Gasteiger partial charge is 0.259 e. The number of aromatic nitrogens is 1. The molecule has 0 spiro atoms. The van der Waals surface area contributed by atoms with Gasteiger partial charge in [-0.1, -0.05) is 47.7 Å². The molecule has 0 unspecified atom stereocenters. The van der Waals surface area contributed by atoms with E-state index in [-0.39, 0.29) is 17.2 Å². The van der Waals surface area contributed by atoms with Gasteiger partial charge in [-0.25, -0.2) is 4.98 Å². The number of thiazole rings is 1. The quantitative estimate of drug-likeness (QED) is 0.479. The second-order valence-corrected chi connectivity index (χ2v) is 6.99. The monoisotopic (exact) mass is 389 g/mol. The molecule has 0 aliphatic rings. The molecule has 1 heterocycles. The van der Waals surface area contributed by atoms with Gasteiger partial charge in [0.05, 0.1) is 27.0 Å². The standard InChI is InChI=1S/C21H15N3O3S/c25-17-11-5-2-8-14(17)20(27)22-15-9-3-1-7-13(15)19(26)24-21-23-16-10-4-6-12-18(16)28-21/h1-12,25H,(H,22,27)(H,23,24,26). The number of anilines is 2. The predicted molar refractivity (Wildman–Crippen MR) is 110 cm³/mol. The maximum absolute atomic E-state index is 12.8. The van der Waals surface area contributed by atoms with Crippen molar-refractivity contribution in [2.45, 2.75) is 0 Å². The Balaban J connectivity index is 1.57. The second-order valence-electron chi connectivity index (χ2n) is 5.96. The molecule has 3 N–H and O–H groups in total. The van der Waals surface area contributed by atoms with Crippen LogP contribution in [0.3, 0.4) is 0 Å². The molecular formula is C21H15N3O3S. The Hall–Kier alpha value is -3.71. The summed E-state index contributed by atoms with van der Waals surface area (Å²) in [5.74, 6) is -1.01. The highest BCUT2D eigenvalue weighted by molar-refractivity contribution is 7.22. The van der Waals surface area contributed by atoms with Crippen molar-refractivity contribution in [1.29, 1.82) is 0 Å². The minimum Gasteiger partial charge on any atom is -0.507 e. The first-order valence-electron chi connectivity index (χ1n) is 8.47. The number of nitrogens with one attached hydrogen (secondary N) is 2. The number of aromatic hydroxyl groups is 1. The number of phenols is 1. The molecule has 7 heteroatoms. The van der Waals surface area contributed by atoms with E-state index in [1.54, 1.807) is 36.4 Å². The van der Waals surface area contributed by atoms with Crippen molar-refractivity contribution in [2.24, 2.45) is 0 Å². The Bertz CT molecular complexity index is 1150. The molecule has 28 heavy (non-hydrogen) atoms. The molecule has 0 radical (unpaired) electrons.